The van der Waals surface area contributed by atoms with E-state index in [4.69, 9.17) is 4.84 Å². The molecule has 18 heavy (non-hydrogen) atoms. The lowest BCUT2D eigenvalue weighted by atomic mass is 9.82. The van der Waals surface area contributed by atoms with Crippen molar-refractivity contribution >= 4 is 0 Å². The lowest BCUT2D eigenvalue weighted by molar-refractivity contribution is -0.281. The summed E-state index contributed by atoms with van der Waals surface area (Å²) in [5, 5.41) is 2.19. The van der Waals surface area contributed by atoms with Gasteiger partial charge in [-0.1, -0.05) is 30.3 Å². The Hall–Kier alpha value is -0.860. The van der Waals surface area contributed by atoms with Crippen LogP contribution in [0.25, 0.3) is 0 Å². The van der Waals surface area contributed by atoms with Crippen LogP contribution < -0.4 is 0 Å². The van der Waals surface area contributed by atoms with Crippen LogP contribution in [0.5, 0.6) is 0 Å². The first-order chi connectivity index (χ1) is 8.42. The van der Waals surface area contributed by atoms with E-state index in [0.717, 1.165) is 12.8 Å². The van der Waals surface area contributed by atoms with Crippen molar-refractivity contribution in [3.63, 3.8) is 0 Å². The molecule has 0 spiro atoms. The number of hydrogen-bond donors (Lipinski definition) is 0. The number of hydroxylamine groups is 2. The molecular formula is C16H24NO. The fraction of sp³-hybridized carbons (Fsp3) is 0.562. The lowest BCUT2D eigenvalue weighted by Crippen LogP contribution is -2.58. The molecule has 1 heterocycles. The molecule has 1 aliphatic heterocycles. The molecule has 1 saturated heterocycles. The molecule has 0 bridgehead atoms. The number of hydrogen-bond acceptors (Lipinski definition) is 2. The fourth-order valence-corrected chi connectivity index (χ4v) is 2.83. The van der Waals surface area contributed by atoms with Gasteiger partial charge in [0.05, 0.1) is 6.61 Å². The third-order valence-corrected chi connectivity index (χ3v) is 3.59. The molecule has 0 aliphatic carbocycles. The molecule has 1 radical (unpaired) electrons. The van der Waals surface area contributed by atoms with Gasteiger partial charge in [-0.3, -0.25) is 4.84 Å². The third kappa shape index (κ3) is 2.93. The normalized spacial score (nSPS) is 22.9. The zero-order valence-corrected chi connectivity index (χ0v) is 11.9. The summed E-state index contributed by atoms with van der Waals surface area (Å²) in [6.07, 6.45) is 4.53. The average molecular weight is 246 g/mol. The molecule has 1 aliphatic rings. The van der Waals surface area contributed by atoms with Gasteiger partial charge in [0.2, 0.25) is 0 Å². The first kappa shape index (κ1) is 13.6. The van der Waals surface area contributed by atoms with E-state index in [2.05, 4.69) is 63.4 Å². The van der Waals surface area contributed by atoms with E-state index in [1.54, 1.807) is 0 Å². The maximum atomic E-state index is 6.11. The van der Waals surface area contributed by atoms with E-state index in [1.165, 1.54) is 5.56 Å². The van der Waals surface area contributed by atoms with Gasteiger partial charge in [0.1, 0.15) is 0 Å². The van der Waals surface area contributed by atoms with Gasteiger partial charge >= 0.3 is 0 Å². The van der Waals surface area contributed by atoms with E-state index in [9.17, 15) is 0 Å². The van der Waals surface area contributed by atoms with Crippen LogP contribution in [0.1, 0.15) is 46.1 Å². The summed E-state index contributed by atoms with van der Waals surface area (Å²) < 4.78 is 0. The first-order valence-electron chi connectivity index (χ1n) is 6.71. The highest BCUT2D eigenvalue weighted by Crippen LogP contribution is 2.38. The Kier molecular flexibility index (Phi) is 3.79. The van der Waals surface area contributed by atoms with Crippen molar-refractivity contribution < 1.29 is 4.84 Å². The van der Waals surface area contributed by atoms with Gasteiger partial charge in [-0.05, 0) is 52.5 Å². The molecule has 2 nitrogen and oxygen atoms in total. The Balaban J connectivity index is 2.05. The van der Waals surface area contributed by atoms with Crippen LogP contribution in [0.4, 0.5) is 0 Å². The van der Waals surface area contributed by atoms with Gasteiger partial charge in [0, 0.05) is 11.1 Å². The Morgan fingerprint density at radius 2 is 1.56 bits per heavy atom. The maximum Gasteiger partial charge on any atom is 0.0936 e. The summed E-state index contributed by atoms with van der Waals surface area (Å²) in [5.74, 6) is 0. The minimum Gasteiger partial charge on any atom is -0.293 e. The van der Waals surface area contributed by atoms with Crippen LogP contribution >= 0.6 is 0 Å². The molecule has 0 N–H and O–H groups in total. The smallest absolute Gasteiger partial charge is 0.0936 e. The van der Waals surface area contributed by atoms with Crippen LogP contribution in [0.3, 0.4) is 0 Å². The predicted molar refractivity (Wildman–Crippen MR) is 74.8 cm³/mol. The van der Waals surface area contributed by atoms with Crippen LogP contribution in [-0.2, 0) is 11.4 Å². The van der Waals surface area contributed by atoms with Crippen molar-refractivity contribution in [2.45, 2.75) is 58.2 Å². The van der Waals surface area contributed by atoms with Crippen molar-refractivity contribution in [3.8, 4) is 0 Å². The zero-order valence-electron chi connectivity index (χ0n) is 11.9. The maximum absolute atomic E-state index is 6.11. The lowest BCUT2D eigenvalue weighted by Gasteiger charge is -2.51. The molecule has 0 saturated carbocycles. The largest absolute Gasteiger partial charge is 0.293 e. The van der Waals surface area contributed by atoms with Crippen LogP contribution in [0, 0.1) is 6.42 Å². The molecule has 99 valence electrons. The van der Waals surface area contributed by atoms with Crippen LogP contribution in [0.15, 0.2) is 30.3 Å². The van der Waals surface area contributed by atoms with E-state index < -0.39 is 0 Å². The molecule has 2 heteroatoms. The second kappa shape index (κ2) is 5.02. The molecule has 0 amide bonds. The second-order valence-corrected chi connectivity index (χ2v) is 6.38. The Morgan fingerprint density at radius 3 is 2.11 bits per heavy atom. The van der Waals surface area contributed by atoms with Crippen molar-refractivity contribution in [2.75, 3.05) is 0 Å². The zero-order chi connectivity index (χ0) is 13.2. The van der Waals surface area contributed by atoms with Gasteiger partial charge < -0.3 is 0 Å². The first-order valence-corrected chi connectivity index (χ1v) is 6.71. The minimum absolute atomic E-state index is 0.0660. The quantitative estimate of drug-likeness (QED) is 0.800. The van der Waals surface area contributed by atoms with Gasteiger partial charge in [-0.25, -0.2) is 0 Å². The highest BCUT2D eigenvalue weighted by atomic mass is 16.7. The summed E-state index contributed by atoms with van der Waals surface area (Å²) >= 11 is 0. The number of benzene rings is 1. The topological polar surface area (TPSA) is 12.5 Å². The molecule has 1 fully saturated rings. The van der Waals surface area contributed by atoms with Crippen molar-refractivity contribution in [1.29, 1.82) is 0 Å². The number of piperidine rings is 1. The average Bonchev–Trinajstić information content (AvgIpc) is 2.28. The standard InChI is InChI=1S/C16H24NO/c1-15(2)11-8-12-16(3,4)17(15)18-13-14-9-6-5-7-10-14/h5-10H,11-13H2,1-4H3. The molecule has 1 aromatic rings. The van der Waals surface area contributed by atoms with Crippen molar-refractivity contribution in [3.05, 3.63) is 42.3 Å². The fourth-order valence-electron chi connectivity index (χ4n) is 2.83. The summed E-state index contributed by atoms with van der Waals surface area (Å²) in [7, 11) is 0. The van der Waals surface area contributed by atoms with Gasteiger partial charge in [-0.15, -0.1) is 0 Å². The van der Waals surface area contributed by atoms with E-state index in [1.807, 2.05) is 6.07 Å². The molecular weight excluding hydrogens is 222 g/mol. The van der Waals surface area contributed by atoms with E-state index in [-0.39, 0.29) is 11.1 Å². The van der Waals surface area contributed by atoms with Crippen molar-refractivity contribution in [1.82, 2.24) is 5.06 Å². The molecule has 2 rings (SSSR count). The summed E-state index contributed by atoms with van der Waals surface area (Å²) in [5.41, 5.74) is 1.35. The summed E-state index contributed by atoms with van der Waals surface area (Å²) in [4.78, 5) is 6.11. The second-order valence-electron chi connectivity index (χ2n) is 6.38. The van der Waals surface area contributed by atoms with Gasteiger partial charge in [0.15, 0.2) is 0 Å². The molecule has 0 unspecified atom stereocenters. The Labute approximate surface area is 111 Å². The molecule has 1 aromatic carbocycles. The Morgan fingerprint density at radius 1 is 1.00 bits per heavy atom. The number of nitrogens with zero attached hydrogens (tertiary/aromatic N) is 1. The molecule has 0 aromatic heterocycles. The number of rotatable bonds is 3. The van der Waals surface area contributed by atoms with Gasteiger partial charge in [-0.2, -0.15) is 5.06 Å². The highest BCUT2D eigenvalue weighted by molar-refractivity contribution is 5.13. The summed E-state index contributed by atoms with van der Waals surface area (Å²) in [6, 6.07) is 10.4. The van der Waals surface area contributed by atoms with Gasteiger partial charge in [0.25, 0.3) is 0 Å². The summed E-state index contributed by atoms with van der Waals surface area (Å²) in [6.45, 7) is 9.63. The monoisotopic (exact) mass is 246 g/mol. The SMILES string of the molecule is CC1(C)C[CH]CC(C)(C)N1OCc1ccccc1. The van der Waals surface area contributed by atoms with Crippen molar-refractivity contribution in [2.24, 2.45) is 0 Å². The minimum atomic E-state index is 0.0660. The van der Waals surface area contributed by atoms with E-state index >= 15 is 0 Å². The third-order valence-electron chi connectivity index (χ3n) is 3.59. The molecule has 0 atom stereocenters. The van der Waals surface area contributed by atoms with Crippen LogP contribution in [0.2, 0.25) is 0 Å². The van der Waals surface area contributed by atoms with E-state index in [0.29, 0.717) is 6.61 Å². The predicted octanol–water partition coefficient (Wildman–Crippen LogP) is 3.98. The van der Waals surface area contributed by atoms with Crippen LogP contribution in [-0.4, -0.2) is 16.1 Å². The highest BCUT2D eigenvalue weighted by Gasteiger charge is 2.42. The Bertz CT molecular complexity index is 367.